The normalized spacial score (nSPS) is 10.7. The van der Waals surface area contributed by atoms with Crippen LogP contribution in [-0.2, 0) is 9.22 Å². The highest BCUT2D eigenvalue weighted by molar-refractivity contribution is 6.28. The molecule has 11 heavy (non-hydrogen) atoms. The van der Waals surface area contributed by atoms with E-state index in [-0.39, 0.29) is 5.97 Å². The average Bonchev–Trinajstić information content (AvgIpc) is 1.99. The molecule has 66 valence electrons. The molecule has 0 unspecified atom stereocenters. The fourth-order valence-electron chi connectivity index (χ4n) is 0.929. The molecule has 0 radical (unpaired) electrons. The van der Waals surface area contributed by atoms with Gasteiger partial charge < -0.3 is 4.43 Å². The monoisotopic (exact) mass is 174 g/mol. The Hall–Kier alpha value is -0.313. The molecule has 2 nitrogen and oxygen atoms in total. The van der Waals surface area contributed by atoms with Crippen molar-refractivity contribution in [3.63, 3.8) is 0 Å². The van der Waals surface area contributed by atoms with Gasteiger partial charge in [0.2, 0.25) is 9.76 Å². The van der Waals surface area contributed by atoms with E-state index in [4.69, 9.17) is 4.43 Å². The van der Waals surface area contributed by atoms with Crippen LogP contribution in [0.15, 0.2) is 0 Å². The van der Waals surface area contributed by atoms with E-state index in [0.717, 1.165) is 12.8 Å². The van der Waals surface area contributed by atoms with Crippen LogP contribution >= 0.6 is 0 Å². The Balaban J connectivity index is 3.04. The Kier molecular flexibility index (Phi) is 7.57. The molecule has 0 N–H and O–H groups in total. The van der Waals surface area contributed by atoms with E-state index >= 15 is 0 Å². The Morgan fingerprint density at radius 2 is 2.09 bits per heavy atom. The third kappa shape index (κ3) is 7.59. The molecule has 0 fully saturated rings. The third-order valence-electron chi connectivity index (χ3n) is 1.54. The lowest BCUT2D eigenvalue weighted by atomic mass is 10.2. The van der Waals surface area contributed by atoms with Crippen molar-refractivity contribution in [1.82, 2.24) is 0 Å². The lowest BCUT2D eigenvalue weighted by molar-refractivity contribution is -0.134. The van der Waals surface area contributed by atoms with Gasteiger partial charge in [0.05, 0.1) is 0 Å². The van der Waals surface area contributed by atoms with Crippen molar-refractivity contribution in [3.8, 4) is 0 Å². The SMILES string of the molecule is CCCCCCC(=O)O[SiH2]C. The predicted molar refractivity (Wildman–Crippen MR) is 49.3 cm³/mol. The standard InChI is InChI=1S/C8H18O2Si/c1-3-4-5-6-7-8(9)10-11-2/h3-7,11H2,1-2H3. The van der Waals surface area contributed by atoms with Crippen LogP contribution < -0.4 is 0 Å². The molecule has 0 aromatic heterocycles. The molecule has 0 spiro atoms. The van der Waals surface area contributed by atoms with Crippen LogP contribution in [0.5, 0.6) is 0 Å². The highest BCUT2D eigenvalue weighted by Gasteiger charge is 1.98. The molecule has 0 aliphatic rings. The lowest BCUT2D eigenvalue weighted by Gasteiger charge is -2.00. The molecule has 0 amide bonds. The maximum Gasteiger partial charge on any atom is 0.292 e. The Bertz CT molecular complexity index is 104. The highest BCUT2D eigenvalue weighted by Crippen LogP contribution is 2.02. The molecule has 3 heteroatoms. The third-order valence-corrected chi connectivity index (χ3v) is 2.15. The second-order valence-corrected chi connectivity index (χ2v) is 3.48. The van der Waals surface area contributed by atoms with Crippen molar-refractivity contribution >= 4 is 15.7 Å². The smallest absolute Gasteiger partial charge is 0.292 e. The van der Waals surface area contributed by atoms with Crippen LogP contribution in [0.1, 0.15) is 39.0 Å². The first-order valence-corrected chi connectivity index (χ1v) is 6.46. The largest absolute Gasteiger partial charge is 0.525 e. The topological polar surface area (TPSA) is 26.3 Å². The molecule has 0 aliphatic carbocycles. The van der Waals surface area contributed by atoms with Gasteiger partial charge in [0.1, 0.15) is 0 Å². The van der Waals surface area contributed by atoms with E-state index < -0.39 is 9.76 Å². The summed E-state index contributed by atoms with van der Waals surface area (Å²) < 4.78 is 4.92. The molecule has 0 rings (SSSR count). The van der Waals surface area contributed by atoms with Gasteiger partial charge in [-0.15, -0.1) is 0 Å². The van der Waals surface area contributed by atoms with Crippen LogP contribution in [0.4, 0.5) is 0 Å². The number of rotatable bonds is 6. The van der Waals surface area contributed by atoms with Crippen molar-refractivity contribution < 1.29 is 9.22 Å². The Morgan fingerprint density at radius 3 is 2.64 bits per heavy atom. The fraction of sp³-hybridized carbons (Fsp3) is 0.875. The predicted octanol–water partition coefficient (Wildman–Crippen LogP) is 1.63. The first kappa shape index (κ1) is 10.7. The van der Waals surface area contributed by atoms with E-state index in [2.05, 4.69) is 6.92 Å². The van der Waals surface area contributed by atoms with Crippen molar-refractivity contribution in [2.24, 2.45) is 0 Å². The first-order valence-electron chi connectivity index (χ1n) is 4.46. The molecule has 0 saturated carbocycles. The van der Waals surface area contributed by atoms with Gasteiger partial charge >= 0.3 is 0 Å². The summed E-state index contributed by atoms with van der Waals surface area (Å²) in [5.74, 6) is 0.00951. The molecule has 0 aromatic rings. The van der Waals surface area contributed by atoms with Gasteiger partial charge in [-0.3, -0.25) is 4.79 Å². The lowest BCUT2D eigenvalue weighted by Crippen LogP contribution is -2.05. The first-order chi connectivity index (χ1) is 5.31. The quantitative estimate of drug-likeness (QED) is 0.452. The van der Waals surface area contributed by atoms with Crippen LogP contribution in [-0.4, -0.2) is 15.7 Å². The minimum absolute atomic E-state index is 0.00951. The summed E-state index contributed by atoms with van der Waals surface area (Å²) in [6.45, 7) is 4.14. The molecular weight excluding hydrogens is 156 g/mol. The number of carbonyl (C=O) groups excluding carboxylic acids is 1. The summed E-state index contributed by atoms with van der Waals surface area (Å²) in [4.78, 5) is 10.8. The maximum atomic E-state index is 10.8. The zero-order valence-corrected chi connectivity index (χ0v) is 8.97. The van der Waals surface area contributed by atoms with Crippen molar-refractivity contribution in [2.45, 2.75) is 45.6 Å². The number of carbonyl (C=O) groups is 1. The van der Waals surface area contributed by atoms with Crippen molar-refractivity contribution in [1.29, 1.82) is 0 Å². The number of hydrogen-bond donors (Lipinski definition) is 0. The molecule has 0 heterocycles. The van der Waals surface area contributed by atoms with E-state index in [1.165, 1.54) is 12.8 Å². The van der Waals surface area contributed by atoms with E-state index in [1.54, 1.807) is 0 Å². The van der Waals surface area contributed by atoms with E-state index in [1.807, 2.05) is 6.55 Å². The number of unbranched alkanes of at least 4 members (excludes halogenated alkanes) is 3. The molecule has 0 saturated heterocycles. The summed E-state index contributed by atoms with van der Waals surface area (Å²) >= 11 is 0. The summed E-state index contributed by atoms with van der Waals surface area (Å²) in [5.41, 5.74) is 0. The average molecular weight is 174 g/mol. The number of hydrogen-bond acceptors (Lipinski definition) is 2. The highest BCUT2D eigenvalue weighted by atomic mass is 28.2. The Morgan fingerprint density at radius 1 is 1.36 bits per heavy atom. The zero-order valence-electron chi connectivity index (χ0n) is 7.56. The summed E-state index contributed by atoms with van der Waals surface area (Å²) in [7, 11) is -0.522. The van der Waals surface area contributed by atoms with Crippen LogP contribution in [0.3, 0.4) is 0 Å². The van der Waals surface area contributed by atoms with Crippen molar-refractivity contribution in [2.75, 3.05) is 0 Å². The van der Waals surface area contributed by atoms with Crippen LogP contribution in [0.25, 0.3) is 0 Å². The van der Waals surface area contributed by atoms with Gasteiger partial charge in [-0.2, -0.15) is 0 Å². The molecule has 0 aliphatic heterocycles. The van der Waals surface area contributed by atoms with Crippen molar-refractivity contribution in [3.05, 3.63) is 0 Å². The minimum Gasteiger partial charge on any atom is -0.525 e. The minimum atomic E-state index is -0.522. The zero-order chi connectivity index (χ0) is 8.53. The molecular formula is C8H18O2Si. The van der Waals surface area contributed by atoms with Crippen LogP contribution in [0.2, 0.25) is 6.55 Å². The Labute approximate surface area is 71.3 Å². The summed E-state index contributed by atoms with van der Waals surface area (Å²) in [6, 6.07) is 0. The van der Waals surface area contributed by atoms with Gasteiger partial charge in [0, 0.05) is 6.42 Å². The second-order valence-electron chi connectivity index (χ2n) is 2.62. The maximum absolute atomic E-state index is 10.8. The molecule has 0 bridgehead atoms. The summed E-state index contributed by atoms with van der Waals surface area (Å²) in [5, 5.41) is 0. The van der Waals surface area contributed by atoms with E-state index in [0.29, 0.717) is 6.42 Å². The molecule has 0 aromatic carbocycles. The summed E-state index contributed by atoms with van der Waals surface area (Å²) in [6.07, 6.45) is 5.24. The van der Waals surface area contributed by atoms with Gasteiger partial charge in [-0.05, 0) is 13.0 Å². The van der Waals surface area contributed by atoms with E-state index in [9.17, 15) is 4.79 Å². The van der Waals surface area contributed by atoms with Gasteiger partial charge in [-0.1, -0.05) is 26.2 Å². The van der Waals surface area contributed by atoms with Gasteiger partial charge in [0.15, 0.2) is 0 Å². The van der Waals surface area contributed by atoms with Gasteiger partial charge in [-0.25, -0.2) is 0 Å². The second kappa shape index (κ2) is 7.79. The van der Waals surface area contributed by atoms with Crippen LogP contribution in [0, 0.1) is 0 Å². The van der Waals surface area contributed by atoms with Gasteiger partial charge in [0.25, 0.3) is 5.97 Å². The molecule has 0 atom stereocenters. The fourth-order valence-corrected chi connectivity index (χ4v) is 1.40.